The van der Waals surface area contributed by atoms with E-state index in [0.717, 1.165) is 0 Å². The number of ketones is 1. The third-order valence-corrected chi connectivity index (χ3v) is 5.64. The van der Waals surface area contributed by atoms with Crippen molar-refractivity contribution in [2.45, 2.75) is 31.3 Å². The molecule has 10 heteroatoms. The van der Waals surface area contributed by atoms with Gasteiger partial charge in [-0.25, -0.2) is 13.1 Å². The number of benzene rings is 2. The fourth-order valence-electron chi connectivity index (χ4n) is 2.45. The highest BCUT2D eigenvalue weighted by atomic mass is 35.5. The summed E-state index contributed by atoms with van der Waals surface area (Å²) >= 11 is 5.78. The molecule has 0 heterocycles. The Morgan fingerprint density at radius 1 is 1.03 bits per heavy atom. The molecule has 8 nitrogen and oxygen atoms in total. The zero-order valence-electron chi connectivity index (χ0n) is 16.3. The summed E-state index contributed by atoms with van der Waals surface area (Å²) in [6.45, 7) is 2.58. The van der Waals surface area contributed by atoms with Crippen LogP contribution in [0.4, 0.5) is 5.69 Å². The molecule has 2 aromatic rings. The standard InChI is InChI=1S/C20H21ClN2O6S/c1-13(20(26)15-3-5-16(21)6-4-15)29-19(25)11-12-22-30(27,28)18-9-7-17(8-10-18)23-14(2)24/h3-10,13,22H,11-12H2,1-2H3,(H,23,24). The third kappa shape index (κ3) is 6.94. The monoisotopic (exact) mass is 452 g/mol. The van der Waals surface area contributed by atoms with Crippen molar-refractivity contribution in [3.05, 3.63) is 59.1 Å². The van der Waals surface area contributed by atoms with Crippen molar-refractivity contribution in [2.75, 3.05) is 11.9 Å². The van der Waals surface area contributed by atoms with Gasteiger partial charge in [-0.2, -0.15) is 0 Å². The van der Waals surface area contributed by atoms with Crippen LogP contribution in [0.2, 0.25) is 5.02 Å². The summed E-state index contributed by atoms with van der Waals surface area (Å²) in [5, 5.41) is 3.01. The van der Waals surface area contributed by atoms with E-state index in [0.29, 0.717) is 16.3 Å². The minimum atomic E-state index is -3.84. The SMILES string of the molecule is CC(=O)Nc1ccc(S(=O)(=O)NCCC(=O)OC(C)C(=O)c2ccc(Cl)cc2)cc1. The van der Waals surface area contributed by atoms with Gasteiger partial charge in [0.2, 0.25) is 21.7 Å². The summed E-state index contributed by atoms with van der Waals surface area (Å²) in [6.07, 6.45) is -1.27. The molecule has 0 fully saturated rings. The quantitative estimate of drug-likeness (QED) is 0.446. The molecule has 2 aromatic carbocycles. The van der Waals surface area contributed by atoms with Crippen LogP contribution < -0.4 is 10.0 Å². The van der Waals surface area contributed by atoms with Crippen LogP contribution in [-0.4, -0.2) is 38.7 Å². The van der Waals surface area contributed by atoms with E-state index in [1.807, 2.05) is 0 Å². The molecule has 0 saturated heterocycles. The molecule has 0 aliphatic heterocycles. The molecule has 1 atom stereocenters. The Kier molecular flexibility index (Phi) is 8.10. The zero-order chi connectivity index (χ0) is 22.3. The van der Waals surface area contributed by atoms with Crippen LogP contribution >= 0.6 is 11.6 Å². The fraction of sp³-hybridized carbons (Fsp3) is 0.250. The molecular formula is C20H21ClN2O6S. The summed E-state index contributed by atoms with van der Waals surface area (Å²) < 4.78 is 31.9. The van der Waals surface area contributed by atoms with E-state index < -0.39 is 22.1 Å². The van der Waals surface area contributed by atoms with Gasteiger partial charge >= 0.3 is 5.97 Å². The van der Waals surface area contributed by atoms with Gasteiger partial charge in [0, 0.05) is 29.7 Å². The van der Waals surface area contributed by atoms with Gasteiger partial charge in [-0.15, -0.1) is 0 Å². The largest absolute Gasteiger partial charge is 0.454 e. The summed E-state index contributed by atoms with van der Waals surface area (Å²) in [7, 11) is -3.84. The first-order chi connectivity index (χ1) is 14.1. The number of sulfonamides is 1. The van der Waals surface area contributed by atoms with Crippen molar-refractivity contribution in [3.63, 3.8) is 0 Å². The van der Waals surface area contributed by atoms with Crippen molar-refractivity contribution in [3.8, 4) is 0 Å². The molecule has 160 valence electrons. The maximum absolute atomic E-state index is 12.3. The summed E-state index contributed by atoms with van der Waals surface area (Å²) in [5.74, 6) is -1.38. The first kappa shape index (κ1) is 23.5. The van der Waals surface area contributed by atoms with Crippen molar-refractivity contribution in [1.82, 2.24) is 4.72 Å². The Labute approximate surface area is 179 Å². The second kappa shape index (κ2) is 10.3. The Bertz CT molecular complexity index is 1020. The van der Waals surface area contributed by atoms with Crippen LogP contribution in [0.1, 0.15) is 30.6 Å². The second-order valence-electron chi connectivity index (χ2n) is 6.36. The highest BCUT2D eigenvalue weighted by molar-refractivity contribution is 7.89. The third-order valence-electron chi connectivity index (χ3n) is 3.91. The van der Waals surface area contributed by atoms with E-state index in [1.54, 1.807) is 12.1 Å². The number of halogens is 1. The normalized spacial score (nSPS) is 12.1. The zero-order valence-corrected chi connectivity index (χ0v) is 17.9. The summed E-state index contributed by atoms with van der Waals surface area (Å²) in [5.41, 5.74) is 0.812. The van der Waals surface area contributed by atoms with Gasteiger partial charge in [0.25, 0.3) is 0 Å². The lowest BCUT2D eigenvalue weighted by atomic mass is 10.1. The molecule has 0 spiro atoms. The topological polar surface area (TPSA) is 119 Å². The number of Topliss-reactive ketones (excluding diaryl/α,β-unsaturated/α-hetero) is 1. The lowest BCUT2D eigenvalue weighted by Crippen LogP contribution is -2.29. The first-order valence-electron chi connectivity index (χ1n) is 8.95. The number of carbonyl (C=O) groups is 3. The van der Waals surface area contributed by atoms with Crippen LogP contribution in [0, 0.1) is 0 Å². The number of nitrogens with one attached hydrogen (secondary N) is 2. The summed E-state index contributed by atoms with van der Waals surface area (Å²) in [4.78, 5) is 35.2. The Balaban J connectivity index is 1.84. The van der Waals surface area contributed by atoms with Gasteiger partial charge in [0.05, 0.1) is 11.3 Å². The Hall–Kier alpha value is -2.75. The molecule has 0 aliphatic carbocycles. The Morgan fingerprint density at radius 3 is 2.20 bits per heavy atom. The second-order valence-corrected chi connectivity index (χ2v) is 8.56. The molecule has 0 aliphatic rings. The fourth-order valence-corrected chi connectivity index (χ4v) is 3.61. The van der Waals surface area contributed by atoms with Crippen molar-refractivity contribution < 1.29 is 27.5 Å². The molecule has 2 rings (SSSR count). The molecule has 0 aromatic heterocycles. The number of rotatable bonds is 9. The van der Waals surface area contributed by atoms with E-state index >= 15 is 0 Å². The molecular weight excluding hydrogens is 432 g/mol. The predicted molar refractivity (Wildman–Crippen MR) is 112 cm³/mol. The predicted octanol–water partition coefficient (Wildman–Crippen LogP) is 2.78. The van der Waals surface area contributed by atoms with Crippen LogP contribution in [0.3, 0.4) is 0 Å². The van der Waals surface area contributed by atoms with Crippen molar-refractivity contribution in [2.24, 2.45) is 0 Å². The Morgan fingerprint density at radius 2 is 1.63 bits per heavy atom. The lowest BCUT2D eigenvalue weighted by molar-refractivity contribution is -0.146. The van der Waals surface area contributed by atoms with Crippen LogP contribution in [0.25, 0.3) is 0 Å². The van der Waals surface area contributed by atoms with E-state index in [2.05, 4.69) is 10.0 Å². The average Bonchev–Trinajstić information content (AvgIpc) is 2.67. The lowest BCUT2D eigenvalue weighted by Gasteiger charge is -2.13. The molecule has 0 bridgehead atoms. The maximum atomic E-state index is 12.3. The number of esters is 1. The van der Waals surface area contributed by atoms with Gasteiger partial charge < -0.3 is 10.1 Å². The van der Waals surface area contributed by atoms with Crippen molar-refractivity contribution >= 4 is 45.0 Å². The van der Waals surface area contributed by atoms with E-state index in [9.17, 15) is 22.8 Å². The van der Waals surface area contributed by atoms with Gasteiger partial charge in [-0.05, 0) is 55.5 Å². The molecule has 1 unspecified atom stereocenters. The number of carbonyl (C=O) groups excluding carboxylic acids is 3. The highest BCUT2D eigenvalue weighted by Crippen LogP contribution is 2.15. The van der Waals surface area contributed by atoms with Gasteiger partial charge in [0.1, 0.15) is 0 Å². The van der Waals surface area contributed by atoms with E-state index in [4.69, 9.17) is 16.3 Å². The molecule has 0 saturated carbocycles. The van der Waals surface area contributed by atoms with Crippen LogP contribution in [0.5, 0.6) is 0 Å². The smallest absolute Gasteiger partial charge is 0.307 e. The van der Waals surface area contributed by atoms with Crippen LogP contribution in [-0.2, 0) is 24.3 Å². The van der Waals surface area contributed by atoms with Gasteiger partial charge in [-0.1, -0.05) is 11.6 Å². The number of hydrogen-bond donors (Lipinski definition) is 2. The number of ether oxygens (including phenoxy) is 1. The molecule has 1 amide bonds. The van der Waals surface area contributed by atoms with E-state index in [1.165, 1.54) is 50.2 Å². The highest BCUT2D eigenvalue weighted by Gasteiger charge is 2.20. The van der Waals surface area contributed by atoms with E-state index in [-0.39, 0.29) is 29.6 Å². The van der Waals surface area contributed by atoms with Crippen LogP contribution in [0.15, 0.2) is 53.4 Å². The van der Waals surface area contributed by atoms with Gasteiger partial charge in [-0.3, -0.25) is 14.4 Å². The summed E-state index contributed by atoms with van der Waals surface area (Å²) in [6, 6.07) is 11.7. The molecule has 30 heavy (non-hydrogen) atoms. The maximum Gasteiger partial charge on any atom is 0.307 e. The van der Waals surface area contributed by atoms with Gasteiger partial charge in [0.15, 0.2) is 6.10 Å². The first-order valence-corrected chi connectivity index (χ1v) is 10.8. The van der Waals surface area contributed by atoms with Crippen molar-refractivity contribution in [1.29, 1.82) is 0 Å². The minimum absolute atomic E-state index is 0.0174. The molecule has 0 radical (unpaired) electrons. The average molecular weight is 453 g/mol. The number of hydrogen-bond acceptors (Lipinski definition) is 6. The number of anilines is 1. The molecule has 2 N–H and O–H groups in total. The number of amides is 1. The minimum Gasteiger partial charge on any atom is -0.454 e.